The van der Waals surface area contributed by atoms with Crippen LogP contribution in [0.1, 0.15) is 13.3 Å². The molecule has 3 unspecified atom stereocenters. The van der Waals surface area contributed by atoms with Gasteiger partial charge in [0.2, 0.25) is 5.91 Å². The Balaban J connectivity index is 2.14. The molecule has 2 aliphatic heterocycles. The number of rotatable bonds is 1. The van der Waals surface area contributed by atoms with Crippen LogP contribution in [-0.4, -0.2) is 28.1 Å². The van der Waals surface area contributed by atoms with Gasteiger partial charge in [0.05, 0.1) is 18.1 Å². The lowest BCUT2D eigenvalue weighted by molar-refractivity contribution is -0.156. The van der Waals surface area contributed by atoms with E-state index >= 15 is 0 Å². The number of thiol groups is 1. The van der Waals surface area contributed by atoms with Gasteiger partial charge in [-0.1, -0.05) is 0 Å². The van der Waals surface area contributed by atoms with Crippen LogP contribution < -0.4 is 0 Å². The molecular formula is C8H11NO2S. The normalized spacial score (nSPS) is 35.8. The third kappa shape index (κ3) is 0.912. The van der Waals surface area contributed by atoms with Crippen molar-refractivity contribution < 1.29 is 9.90 Å². The molecule has 2 aliphatic rings. The Hall–Kier alpha value is -0.480. The van der Waals surface area contributed by atoms with Crippen molar-refractivity contribution in [1.82, 2.24) is 4.90 Å². The van der Waals surface area contributed by atoms with Crippen LogP contribution in [0.15, 0.2) is 11.1 Å². The van der Waals surface area contributed by atoms with Crippen molar-refractivity contribution in [3.63, 3.8) is 0 Å². The highest BCUT2D eigenvalue weighted by Crippen LogP contribution is 2.40. The Labute approximate surface area is 76.5 Å². The van der Waals surface area contributed by atoms with E-state index in [-0.39, 0.29) is 17.9 Å². The molecule has 3 nitrogen and oxygen atoms in total. The number of β-lactam (4-membered cyclic amide) rings is 1. The molecule has 3 atom stereocenters. The summed E-state index contributed by atoms with van der Waals surface area (Å²) in [5.74, 6) is -0.176. The lowest BCUT2D eigenvalue weighted by atomic mass is 9.84. The van der Waals surface area contributed by atoms with Crippen LogP contribution in [0.5, 0.6) is 0 Å². The molecule has 0 spiro atoms. The zero-order valence-electron chi connectivity index (χ0n) is 6.77. The second-order valence-electron chi connectivity index (χ2n) is 3.40. The zero-order chi connectivity index (χ0) is 8.88. The summed E-state index contributed by atoms with van der Waals surface area (Å²) in [5.41, 5.74) is 0. The van der Waals surface area contributed by atoms with E-state index in [2.05, 4.69) is 12.6 Å². The Morgan fingerprint density at radius 3 is 3.08 bits per heavy atom. The topological polar surface area (TPSA) is 40.5 Å². The second kappa shape index (κ2) is 2.50. The second-order valence-corrected chi connectivity index (χ2v) is 3.98. The molecule has 0 radical (unpaired) electrons. The van der Waals surface area contributed by atoms with Gasteiger partial charge in [-0.2, -0.15) is 0 Å². The Morgan fingerprint density at radius 2 is 2.50 bits per heavy atom. The van der Waals surface area contributed by atoms with Crippen molar-refractivity contribution in [1.29, 1.82) is 0 Å². The zero-order valence-corrected chi connectivity index (χ0v) is 7.66. The van der Waals surface area contributed by atoms with Gasteiger partial charge in [0.1, 0.15) is 0 Å². The number of hydrogen-bond acceptors (Lipinski definition) is 3. The molecule has 1 N–H and O–H groups in total. The largest absolute Gasteiger partial charge is 0.393 e. The predicted molar refractivity (Wildman–Crippen MR) is 47.5 cm³/mol. The van der Waals surface area contributed by atoms with Crippen LogP contribution >= 0.6 is 12.6 Å². The van der Waals surface area contributed by atoms with Crippen molar-refractivity contribution in [3.05, 3.63) is 11.1 Å². The van der Waals surface area contributed by atoms with Crippen LogP contribution in [0, 0.1) is 5.92 Å². The molecule has 0 saturated carbocycles. The molecule has 1 amide bonds. The van der Waals surface area contributed by atoms with Crippen molar-refractivity contribution >= 4 is 18.5 Å². The minimum atomic E-state index is -0.536. The number of hydrogen-bond donors (Lipinski definition) is 2. The molecule has 12 heavy (non-hydrogen) atoms. The molecule has 4 heteroatoms. The first kappa shape index (κ1) is 8.13. The fraction of sp³-hybridized carbons (Fsp3) is 0.625. The number of amides is 1. The van der Waals surface area contributed by atoms with Gasteiger partial charge in [0.15, 0.2) is 0 Å². The number of nitrogens with zero attached hydrogens (tertiary/aromatic N) is 1. The van der Waals surface area contributed by atoms with E-state index in [1.165, 1.54) is 0 Å². The molecule has 0 aliphatic carbocycles. The first-order valence-electron chi connectivity index (χ1n) is 4.01. The summed E-state index contributed by atoms with van der Waals surface area (Å²) in [6.45, 7) is 1.66. The highest BCUT2D eigenvalue weighted by molar-refractivity contribution is 7.84. The smallest absolute Gasteiger partial charge is 0.234 e. The highest BCUT2D eigenvalue weighted by atomic mass is 32.1. The summed E-state index contributed by atoms with van der Waals surface area (Å²) < 4.78 is 0. The van der Waals surface area contributed by atoms with Crippen molar-refractivity contribution in [3.8, 4) is 0 Å². The predicted octanol–water partition coefficient (Wildman–Crippen LogP) is 0.369. The Morgan fingerprint density at radius 1 is 1.83 bits per heavy atom. The molecule has 0 aromatic rings. The van der Waals surface area contributed by atoms with Crippen molar-refractivity contribution in [2.75, 3.05) is 0 Å². The fourth-order valence-corrected chi connectivity index (χ4v) is 2.24. The third-order valence-electron chi connectivity index (χ3n) is 2.54. The quantitative estimate of drug-likeness (QED) is 0.457. The van der Waals surface area contributed by atoms with E-state index in [9.17, 15) is 9.90 Å². The Bertz CT molecular complexity index is 262. The molecule has 66 valence electrons. The SMILES string of the molecule is CC(O)C1C(=O)N2C=C(S)CC12. The van der Waals surface area contributed by atoms with E-state index < -0.39 is 6.10 Å². The van der Waals surface area contributed by atoms with Gasteiger partial charge in [0.25, 0.3) is 0 Å². The number of carbonyl (C=O) groups is 1. The monoisotopic (exact) mass is 185 g/mol. The number of carbonyl (C=O) groups excluding carboxylic acids is 1. The van der Waals surface area contributed by atoms with Gasteiger partial charge in [-0.3, -0.25) is 4.79 Å². The summed E-state index contributed by atoms with van der Waals surface area (Å²) >= 11 is 4.19. The molecular weight excluding hydrogens is 174 g/mol. The average Bonchev–Trinajstić information content (AvgIpc) is 2.28. The fourth-order valence-electron chi connectivity index (χ4n) is 1.93. The summed E-state index contributed by atoms with van der Waals surface area (Å²) in [6, 6.07) is 0.171. The van der Waals surface area contributed by atoms with E-state index in [0.717, 1.165) is 11.3 Å². The minimum Gasteiger partial charge on any atom is -0.393 e. The lowest BCUT2D eigenvalue weighted by Crippen LogP contribution is -2.59. The van der Waals surface area contributed by atoms with Gasteiger partial charge in [0, 0.05) is 17.5 Å². The summed E-state index contributed by atoms with van der Waals surface area (Å²) in [6.07, 6.45) is 2.02. The molecule has 1 fully saturated rings. The molecule has 0 aromatic heterocycles. The maximum atomic E-state index is 11.3. The highest BCUT2D eigenvalue weighted by Gasteiger charge is 2.51. The van der Waals surface area contributed by atoms with Gasteiger partial charge < -0.3 is 10.0 Å². The summed E-state index contributed by atoms with van der Waals surface area (Å²) in [7, 11) is 0. The van der Waals surface area contributed by atoms with Gasteiger partial charge >= 0.3 is 0 Å². The van der Waals surface area contributed by atoms with Crippen molar-refractivity contribution in [2.45, 2.75) is 25.5 Å². The lowest BCUT2D eigenvalue weighted by Gasteiger charge is -2.43. The molecule has 1 saturated heterocycles. The number of aliphatic hydroxyl groups is 1. The molecule has 2 heterocycles. The first-order chi connectivity index (χ1) is 5.61. The summed E-state index contributed by atoms with van der Waals surface area (Å²) in [5, 5.41) is 9.28. The first-order valence-corrected chi connectivity index (χ1v) is 4.46. The van der Waals surface area contributed by atoms with Crippen LogP contribution in [-0.2, 0) is 4.79 Å². The van der Waals surface area contributed by atoms with E-state index in [4.69, 9.17) is 0 Å². The molecule has 0 aromatic carbocycles. The molecule has 0 bridgehead atoms. The average molecular weight is 185 g/mol. The van der Waals surface area contributed by atoms with Gasteiger partial charge in [-0.25, -0.2) is 0 Å². The maximum absolute atomic E-state index is 11.3. The number of fused-ring (bicyclic) bond motifs is 1. The molecule has 2 rings (SSSR count). The van der Waals surface area contributed by atoms with E-state index in [1.54, 1.807) is 18.0 Å². The maximum Gasteiger partial charge on any atom is 0.234 e. The van der Waals surface area contributed by atoms with Crippen LogP contribution in [0.2, 0.25) is 0 Å². The van der Waals surface area contributed by atoms with E-state index in [1.807, 2.05) is 0 Å². The van der Waals surface area contributed by atoms with Crippen LogP contribution in [0.4, 0.5) is 0 Å². The Kier molecular flexibility index (Phi) is 1.70. The van der Waals surface area contributed by atoms with Gasteiger partial charge in [-0.15, -0.1) is 12.6 Å². The van der Waals surface area contributed by atoms with Gasteiger partial charge in [-0.05, 0) is 6.92 Å². The van der Waals surface area contributed by atoms with E-state index in [0.29, 0.717) is 0 Å². The van der Waals surface area contributed by atoms with Crippen LogP contribution in [0.25, 0.3) is 0 Å². The van der Waals surface area contributed by atoms with Crippen LogP contribution in [0.3, 0.4) is 0 Å². The standard InChI is InChI=1S/C8H11NO2S/c1-4(10)7-6-2-5(12)3-9(6)8(7)11/h3-4,6-7,10,12H,2H2,1H3. The third-order valence-corrected chi connectivity index (χ3v) is 2.84. The number of aliphatic hydroxyl groups excluding tert-OH is 1. The minimum absolute atomic E-state index is 0.0269. The summed E-state index contributed by atoms with van der Waals surface area (Å²) in [4.78, 5) is 13.9. The van der Waals surface area contributed by atoms with Crippen molar-refractivity contribution in [2.24, 2.45) is 5.92 Å².